The summed E-state index contributed by atoms with van der Waals surface area (Å²) in [4.78, 5) is 38.7. The van der Waals surface area contributed by atoms with Crippen LogP contribution >= 0.6 is 22.6 Å². The quantitative estimate of drug-likeness (QED) is 0.337. The first-order valence-corrected chi connectivity index (χ1v) is 9.93. The van der Waals surface area contributed by atoms with E-state index in [0.717, 1.165) is 19.7 Å². The van der Waals surface area contributed by atoms with Gasteiger partial charge in [-0.2, -0.15) is 0 Å². The number of aromatic nitrogens is 1. The van der Waals surface area contributed by atoms with Crippen LogP contribution in [0.25, 0.3) is 11.8 Å². The second-order valence-electron chi connectivity index (χ2n) is 6.57. The van der Waals surface area contributed by atoms with Crippen LogP contribution in [0.15, 0.2) is 72.4 Å². The summed E-state index contributed by atoms with van der Waals surface area (Å²) in [5.74, 6) is -1.36. The summed E-state index contributed by atoms with van der Waals surface area (Å²) in [6, 6.07) is 17.7. The van der Waals surface area contributed by atoms with Gasteiger partial charge in [0.2, 0.25) is 0 Å². The molecule has 0 unspecified atom stereocenters. The number of benzene rings is 2. The van der Waals surface area contributed by atoms with Crippen LogP contribution in [-0.2, 0) is 9.59 Å². The first kappa shape index (κ1) is 19.1. The Balaban J connectivity index is 1.73. The minimum Gasteiger partial charge on any atom is -0.317 e. The van der Waals surface area contributed by atoms with Gasteiger partial charge in [-0.3, -0.25) is 14.9 Å². The van der Waals surface area contributed by atoms with E-state index in [9.17, 15) is 14.4 Å². The smallest absolute Gasteiger partial charge is 0.317 e. The maximum Gasteiger partial charge on any atom is 0.335 e. The van der Waals surface area contributed by atoms with E-state index in [1.54, 1.807) is 30.3 Å². The summed E-state index contributed by atoms with van der Waals surface area (Å²) in [5, 5.41) is 2.25. The minimum atomic E-state index is -0.756. The summed E-state index contributed by atoms with van der Waals surface area (Å²) < 4.78 is 2.98. The Kier molecular flexibility index (Phi) is 5.06. The topological polar surface area (TPSA) is 71.4 Å². The molecule has 2 heterocycles. The molecule has 2 aromatic carbocycles. The zero-order chi connectivity index (χ0) is 20.5. The van der Waals surface area contributed by atoms with E-state index in [1.165, 1.54) is 6.08 Å². The highest BCUT2D eigenvalue weighted by Crippen LogP contribution is 2.23. The maximum absolute atomic E-state index is 13.0. The molecule has 0 saturated carbocycles. The largest absolute Gasteiger partial charge is 0.335 e. The molecule has 1 aliphatic rings. The van der Waals surface area contributed by atoms with E-state index >= 15 is 0 Å². The van der Waals surface area contributed by atoms with Gasteiger partial charge in [0.25, 0.3) is 11.8 Å². The van der Waals surface area contributed by atoms with Crippen molar-refractivity contribution in [3.8, 4) is 5.69 Å². The van der Waals surface area contributed by atoms with Gasteiger partial charge in [0, 0.05) is 21.1 Å². The predicted octanol–water partition coefficient (Wildman–Crippen LogP) is 4.06. The molecule has 29 heavy (non-hydrogen) atoms. The highest BCUT2D eigenvalue weighted by molar-refractivity contribution is 14.1. The Morgan fingerprint density at radius 1 is 0.897 bits per heavy atom. The molecule has 6 nitrogen and oxygen atoms in total. The second-order valence-corrected chi connectivity index (χ2v) is 7.82. The number of carbonyl (C=O) groups excluding carboxylic acids is 3. The van der Waals surface area contributed by atoms with Crippen LogP contribution in [0.1, 0.15) is 11.3 Å². The van der Waals surface area contributed by atoms with Crippen molar-refractivity contribution >= 4 is 52.2 Å². The van der Waals surface area contributed by atoms with E-state index in [2.05, 4.69) is 27.9 Å². The monoisotopic (exact) mass is 497 g/mol. The Morgan fingerprint density at radius 3 is 2.24 bits per heavy atom. The lowest BCUT2D eigenvalue weighted by molar-refractivity contribution is -0.122. The third-order valence-electron chi connectivity index (χ3n) is 4.57. The Bertz CT molecular complexity index is 1140. The van der Waals surface area contributed by atoms with Crippen molar-refractivity contribution in [3.05, 3.63) is 87.3 Å². The number of carbonyl (C=O) groups is 3. The fraction of sp³-hybridized carbons (Fsp3) is 0.0455. The molecule has 1 fully saturated rings. The number of barbiturate groups is 1. The van der Waals surface area contributed by atoms with Crippen molar-refractivity contribution in [2.75, 3.05) is 4.90 Å². The summed E-state index contributed by atoms with van der Waals surface area (Å²) in [5.41, 5.74) is 2.86. The number of aryl methyl sites for hydroxylation is 1. The number of halogens is 1. The molecule has 0 aliphatic carbocycles. The van der Waals surface area contributed by atoms with Crippen molar-refractivity contribution in [2.24, 2.45) is 0 Å². The second kappa shape index (κ2) is 7.67. The predicted molar refractivity (Wildman–Crippen MR) is 119 cm³/mol. The summed E-state index contributed by atoms with van der Waals surface area (Å²) in [6.07, 6.45) is 3.35. The van der Waals surface area contributed by atoms with Crippen molar-refractivity contribution in [1.82, 2.24) is 9.88 Å². The molecule has 7 heteroatoms. The molecule has 0 radical (unpaired) electrons. The van der Waals surface area contributed by atoms with Gasteiger partial charge in [-0.1, -0.05) is 17.7 Å². The average Bonchev–Trinajstić information content (AvgIpc) is 3.15. The van der Waals surface area contributed by atoms with Crippen LogP contribution < -0.4 is 10.2 Å². The van der Waals surface area contributed by atoms with E-state index in [-0.39, 0.29) is 5.57 Å². The fourth-order valence-electron chi connectivity index (χ4n) is 3.08. The summed E-state index contributed by atoms with van der Waals surface area (Å²) >= 11 is 2.23. The molecule has 4 rings (SSSR count). The van der Waals surface area contributed by atoms with Crippen molar-refractivity contribution in [3.63, 3.8) is 0 Å². The number of nitrogens with zero attached hydrogens (tertiary/aromatic N) is 2. The van der Waals surface area contributed by atoms with Crippen LogP contribution in [-0.4, -0.2) is 22.4 Å². The van der Waals surface area contributed by atoms with Crippen molar-refractivity contribution in [1.29, 1.82) is 0 Å². The van der Waals surface area contributed by atoms with Gasteiger partial charge in [-0.15, -0.1) is 0 Å². The SMILES string of the molecule is Cc1ccc(N2C(=O)NC(=O)/C(=C\c3cccn3-c3ccc(I)cc3)C2=O)cc1. The van der Waals surface area contributed by atoms with Gasteiger partial charge in [-0.05, 0) is 84.1 Å². The third kappa shape index (κ3) is 3.73. The van der Waals surface area contributed by atoms with Crippen LogP contribution in [0.4, 0.5) is 10.5 Å². The van der Waals surface area contributed by atoms with Gasteiger partial charge < -0.3 is 4.57 Å². The molecular formula is C22H16IN3O3. The van der Waals surface area contributed by atoms with Crippen LogP contribution in [0.3, 0.4) is 0 Å². The molecule has 4 amide bonds. The standard InChI is InChI=1S/C22H16IN3O3/c1-14-4-8-17(9-5-14)26-21(28)19(20(27)24-22(26)29)13-18-3-2-12-25(18)16-10-6-15(23)7-11-16/h2-13H,1H3,(H,24,27,29)/b19-13+. The molecule has 0 atom stereocenters. The maximum atomic E-state index is 13.0. The number of anilines is 1. The Morgan fingerprint density at radius 2 is 1.55 bits per heavy atom. The number of nitrogens with one attached hydrogen (secondary N) is 1. The van der Waals surface area contributed by atoms with Crippen LogP contribution in [0.2, 0.25) is 0 Å². The van der Waals surface area contributed by atoms with Gasteiger partial charge in [-0.25, -0.2) is 9.69 Å². The number of hydrogen-bond donors (Lipinski definition) is 1. The first-order valence-electron chi connectivity index (χ1n) is 8.85. The van der Waals surface area contributed by atoms with Gasteiger partial charge >= 0.3 is 6.03 Å². The molecule has 1 N–H and O–H groups in total. The van der Waals surface area contributed by atoms with Crippen LogP contribution in [0, 0.1) is 10.5 Å². The normalized spacial score (nSPS) is 15.7. The van der Waals surface area contributed by atoms with E-state index < -0.39 is 17.8 Å². The van der Waals surface area contributed by atoms with Gasteiger partial charge in [0.05, 0.1) is 5.69 Å². The number of urea groups is 1. The fourth-order valence-corrected chi connectivity index (χ4v) is 3.44. The lowest BCUT2D eigenvalue weighted by Gasteiger charge is -2.26. The van der Waals surface area contributed by atoms with E-state index in [4.69, 9.17) is 0 Å². The molecule has 3 aromatic rings. The number of amides is 4. The molecular weight excluding hydrogens is 481 g/mol. The summed E-state index contributed by atoms with van der Waals surface area (Å²) in [6.45, 7) is 1.91. The molecule has 0 spiro atoms. The minimum absolute atomic E-state index is 0.101. The van der Waals surface area contributed by atoms with Gasteiger partial charge in [0.1, 0.15) is 5.57 Å². The Hall–Kier alpha value is -3.20. The number of hydrogen-bond acceptors (Lipinski definition) is 3. The van der Waals surface area contributed by atoms with Crippen LogP contribution in [0.5, 0.6) is 0 Å². The summed E-state index contributed by atoms with van der Waals surface area (Å²) in [7, 11) is 0. The Labute approximate surface area is 181 Å². The van der Waals surface area contributed by atoms with Gasteiger partial charge in [0.15, 0.2) is 0 Å². The lowest BCUT2D eigenvalue weighted by atomic mass is 10.1. The third-order valence-corrected chi connectivity index (χ3v) is 5.29. The van der Waals surface area contributed by atoms with Crippen molar-refractivity contribution < 1.29 is 14.4 Å². The first-order chi connectivity index (χ1) is 13.9. The molecule has 1 aromatic heterocycles. The number of imide groups is 2. The number of rotatable bonds is 3. The molecule has 1 saturated heterocycles. The van der Waals surface area contributed by atoms with E-state index in [0.29, 0.717) is 11.4 Å². The lowest BCUT2D eigenvalue weighted by Crippen LogP contribution is -2.54. The molecule has 144 valence electrons. The molecule has 1 aliphatic heterocycles. The zero-order valence-electron chi connectivity index (χ0n) is 15.4. The van der Waals surface area contributed by atoms with E-state index in [1.807, 2.05) is 48.0 Å². The average molecular weight is 497 g/mol. The highest BCUT2D eigenvalue weighted by Gasteiger charge is 2.36. The zero-order valence-corrected chi connectivity index (χ0v) is 17.6. The molecule has 0 bridgehead atoms. The van der Waals surface area contributed by atoms with Crippen molar-refractivity contribution in [2.45, 2.75) is 6.92 Å². The highest BCUT2D eigenvalue weighted by atomic mass is 127.